The Balaban J connectivity index is 1.75. The van der Waals surface area contributed by atoms with Crippen molar-refractivity contribution in [1.82, 2.24) is 15.0 Å². The molecule has 0 bridgehead atoms. The predicted molar refractivity (Wildman–Crippen MR) is 97.4 cm³/mol. The maximum absolute atomic E-state index is 12.8. The Labute approximate surface area is 149 Å². The molecule has 1 atom stereocenters. The molecule has 0 saturated carbocycles. The standard InChI is InChI=1S/C17H21N5O2S/c1-9-3-5-22(6-4-9)17-20-15-13(16(24)21-17)11(7-12(23)19-15)14-10(2)18-8-25-14/h8-9,11H,3-7H2,1-2H3,(H2,19,20,21,23,24). The largest absolute Gasteiger partial charge is 0.342 e. The van der Waals surface area contributed by atoms with Crippen molar-refractivity contribution in [3.63, 3.8) is 0 Å². The first kappa shape index (κ1) is 16.3. The minimum Gasteiger partial charge on any atom is -0.342 e. The summed E-state index contributed by atoms with van der Waals surface area (Å²) in [5.41, 5.74) is 2.99. The maximum atomic E-state index is 12.8. The van der Waals surface area contributed by atoms with Gasteiger partial charge in [0.2, 0.25) is 11.9 Å². The van der Waals surface area contributed by atoms with Crippen LogP contribution in [0.15, 0.2) is 10.3 Å². The van der Waals surface area contributed by atoms with Gasteiger partial charge in [0, 0.05) is 30.3 Å². The highest BCUT2D eigenvalue weighted by atomic mass is 32.1. The van der Waals surface area contributed by atoms with Crippen LogP contribution < -0.4 is 15.8 Å². The molecule has 132 valence electrons. The fourth-order valence-corrected chi connectivity index (χ4v) is 4.51. The highest BCUT2D eigenvalue weighted by molar-refractivity contribution is 7.09. The molecule has 0 radical (unpaired) electrons. The topological polar surface area (TPSA) is 91.0 Å². The van der Waals surface area contributed by atoms with E-state index in [1.165, 1.54) is 11.3 Å². The summed E-state index contributed by atoms with van der Waals surface area (Å²) in [5.74, 6) is 1.26. The molecule has 4 heterocycles. The molecule has 7 nitrogen and oxygen atoms in total. The van der Waals surface area contributed by atoms with Crippen LogP contribution in [0, 0.1) is 12.8 Å². The quantitative estimate of drug-likeness (QED) is 0.858. The maximum Gasteiger partial charge on any atom is 0.258 e. The first-order valence-electron chi connectivity index (χ1n) is 8.62. The molecule has 0 aliphatic carbocycles. The minimum absolute atomic E-state index is 0.110. The first-order chi connectivity index (χ1) is 12.0. The lowest BCUT2D eigenvalue weighted by Crippen LogP contribution is -2.37. The molecule has 2 aromatic heterocycles. The number of hydrogen-bond acceptors (Lipinski definition) is 6. The van der Waals surface area contributed by atoms with Crippen molar-refractivity contribution in [1.29, 1.82) is 0 Å². The lowest BCUT2D eigenvalue weighted by atomic mass is 9.91. The molecular weight excluding hydrogens is 338 g/mol. The van der Waals surface area contributed by atoms with Crippen LogP contribution in [-0.4, -0.2) is 33.9 Å². The van der Waals surface area contributed by atoms with E-state index >= 15 is 0 Å². The third-order valence-electron chi connectivity index (χ3n) is 5.12. The number of carbonyl (C=O) groups is 1. The zero-order chi connectivity index (χ0) is 17.6. The van der Waals surface area contributed by atoms with Crippen molar-refractivity contribution in [3.8, 4) is 0 Å². The number of rotatable bonds is 2. The number of aryl methyl sites for hydroxylation is 1. The van der Waals surface area contributed by atoms with Gasteiger partial charge in [-0.25, -0.2) is 4.98 Å². The lowest BCUT2D eigenvalue weighted by molar-refractivity contribution is -0.116. The van der Waals surface area contributed by atoms with Gasteiger partial charge in [0.25, 0.3) is 5.56 Å². The van der Waals surface area contributed by atoms with Gasteiger partial charge < -0.3 is 10.2 Å². The predicted octanol–water partition coefficient (Wildman–Crippen LogP) is 2.25. The number of aromatic amines is 1. The highest BCUT2D eigenvalue weighted by Crippen LogP contribution is 2.37. The number of nitrogens with zero attached hydrogens (tertiary/aromatic N) is 3. The van der Waals surface area contributed by atoms with Crippen LogP contribution >= 0.6 is 11.3 Å². The van der Waals surface area contributed by atoms with Crippen molar-refractivity contribution >= 4 is 29.0 Å². The van der Waals surface area contributed by atoms with Crippen LogP contribution in [0.5, 0.6) is 0 Å². The van der Waals surface area contributed by atoms with Gasteiger partial charge in [-0.2, -0.15) is 4.98 Å². The van der Waals surface area contributed by atoms with Crippen LogP contribution in [0.25, 0.3) is 0 Å². The molecule has 2 aromatic rings. The Morgan fingerprint density at radius 3 is 2.72 bits per heavy atom. The summed E-state index contributed by atoms with van der Waals surface area (Å²) in [6.45, 7) is 5.88. The van der Waals surface area contributed by atoms with Crippen LogP contribution in [0.4, 0.5) is 11.8 Å². The number of nitrogens with one attached hydrogen (secondary N) is 2. The Bertz CT molecular complexity index is 866. The third-order valence-corrected chi connectivity index (χ3v) is 6.17. The number of piperidine rings is 1. The molecule has 8 heteroatoms. The van der Waals surface area contributed by atoms with E-state index in [1.54, 1.807) is 5.51 Å². The average molecular weight is 359 g/mol. The number of anilines is 2. The molecule has 0 aromatic carbocycles. The van der Waals surface area contributed by atoms with Gasteiger partial charge in [-0.15, -0.1) is 11.3 Å². The second-order valence-corrected chi connectivity index (χ2v) is 7.81. The van der Waals surface area contributed by atoms with Crippen LogP contribution in [0.1, 0.15) is 48.2 Å². The Hall–Kier alpha value is -2.22. The average Bonchev–Trinajstić information content (AvgIpc) is 3.00. The Morgan fingerprint density at radius 2 is 2.04 bits per heavy atom. The normalized spacial score (nSPS) is 21.1. The summed E-state index contributed by atoms with van der Waals surface area (Å²) in [7, 11) is 0. The van der Waals surface area contributed by atoms with E-state index in [9.17, 15) is 9.59 Å². The molecule has 1 saturated heterocycles. The second kappa shape index (κ2) is 6.25. The van der Waals surface area contributed by atoms with Gasteiger partial charge in [0.1, 0.15) is 5.82 Å². The molecular formula is C17H21N5O2S. The SMILES string of the molecule is Cc1ncsc1C1CC(=O)Nc2nc(N3CCC(C)CC3)[nH]c(=O)c21. The van der Waals surface area contributed by atoms with E-state index in [4.69, 9.17) is 0 Å². The molecule has 0 spiro atoms. The van der Waals surface area contributed by atoms with Gasteiger partial charge >= 0.3 is 0 Å². The van der Waals surface area contributed by atoms with Crippen molar-refractivity contribution in [3.05, 3.63) is 32.0 Å². The lowest BCUT2D eigenvalue weighted by Gasteiger charge is -2.32. The van der Waals surface area contributed by atoms with Gasteiger partial charge in [-0.3, -0.25) is 14.6 Å². The summed E-state index contributed by atoms with van der Waals surface area (Å²) in [4.78, 5) is 39.9. The van der Waals surface area contributed by atoms with Crippen LogP contribution in [-0.2, 0) is 4.79 Å². The van der Waals surface area contributed by atoms with Gasteiger partial charge in [0.05, 0.1) is 16.8 Å². The molecule has 4 rings (SSSR count). The zero-order valence-electron chi connectivity index (χ0n) is 14.3. The number of fused-ring (bicyclic) bond motifs is 1. The fraction of sp³-hybridized carbons (Fsp3) is 0.529. The first-order valence-corrected chi connectivity index (χ1v) is 9.50. The van der Waals surface area contributed by atoms with E-state index in [0.29, 0.717) is 23.2 Å². The molecule has 2 aliphatic rings. The van der Waals surface area contributed by atoms with E-state index in [-0.39, 0.29) is 23.8 Å². The van der Waals surface area contributed by atoms with Crippen molar-refractivity contribution in [2.24, 2.45) is 5.92 Å². The summed E-state index contributed by atoms with van der Waals surface area (Å²) < 4.78 is 0. The Morgan fingerprint density at radius 1 is 1.28 bits per heavy atom. The summed E-state index contributed by atoms with van der Waals surface area (Å²) in [5, 5.41) is 2.79. The number of aromatic nitrogens is 3. The van der Waals surface area contributed by atoms with Crippen LogP contribution in [0.2, 0.25) is 0 Å². The van der Waals surface area contributed by atoms with Gasteiger partial charge in [0.15, 0.2) is 0 Å². The number of carbonyl (C=O) groups excluding carboxylic acids is 1. The van der Waals surface area contributed by atoms with Crippen molar-refractivity contribution in [2.75, 3.05) is 23.3 Å². The number of thiazole rings is 1. The monoisotopic (exact) mass is 359 g/mol. The fourth-order valence-electron chi connectivity index (χ4n) is 3.60. The molecule has 2 N–H and O–H groups in total. The second-order valence-electron chi connectivity index (χ2n) is 6.93. The summed E-state index contributed by atoms with van der Waals surface area (Å²) in [6.07, 6.45) is 2.41. The van der Waals surface area contributed by atoms with E-state index in [2.05, 4.69) is 32.1 Å². The Kier molecular flexibility index (Phi) is 4.07. The van der Waals surface area contributed by atoms with E-state index in [0.717, 1.165) is 36.5 Å². The van der Waals surface area contributed by atoms with E-state index < -0.39 is 0 Å². The van der Waals surface area contributed by atoms with Gasteiger partial charge in [-0.1, -0.05) is 6.92 Å². The molecule has 1 amide bonds. The zero-order valence-corrected chi connectivity index (χ0v) is 15.2. The number of amides is 1. The van der Waals surface area contributed by atoms with E-state index in [1.807, 2.05) is 6.92 Å². The number of H-pyrrole nitrogens is 1. The van der Waals surface area contributed by atoms with Crippen LogP contribution in [0.3, 0.4) is 0 Å². The summed E-state index contributed by atoms with van der Waals surface area (Å²) in [6, 6.07) is 0. The van der Waals surface area contributed by atoms with Gasteiger partial charge in [-0.05, 0) is 25.7 Å². The van der Waals surface area contributed by atoms with Crippen molar-refractivity contribution in [2.45, 2.75) is 39.0 Å². The molecule has 25 heavy (non-hydrogen) atoms. The smallest absolute Gasteiger partial charge is 0.258 e. The highest BCUT2D eigenvalue weighted by Gasteiger charge is 2.33. The summed E-state index contributed by atoms with van der Waals surface area (Å²) >= 11 is 1.48. The molecule has 1 fully saturated rings. The third kappa shape index (κ3) is 2.95. The number of hydrogen-bond donors (Lipinski definition) is 2. The minimum atomic E-state index is -0.275. The van der Waals surface area contributed by atoms with Crippen molar-refractivity contribution < 1.29 is 4.79 Å². The molecule has 2 aliphatic heterocycles. The molecule has 1 unspecified atom stereocenters.